The van der Waals surface area contributed by atoms with E-state index < -0.39 is 0 Å². The third-order valence-corrected chi connectivity index (χ3v) is 4.88. The summed E-state index contributed by atoms with van der Waals surface area (Å²) in [6.07, 6.45) is 5.40. The van der Waals surface area contributed by atoms with E-state index in [1.165, 1.54) is 6.42 Å². The summed E-state index contributed by atoms with van der Waals surface area (Å²) in [7, 11) is 0. The van der Waals surface area contributed by atoms with Crippen LogP contribution in [0.15, 0.2) is 24.3 Å². The second-order valence-electron chi connectivity index (χ2n) is 6.89. The number of imidazole rings is 1. The summed E-state index contributed by atoms with van der Waals surface area (Å²) in [6, 6.07) is 7.90. The maximum atomic E-state index is 12.7. The number of hydrogen-bond acceptors (Lipinski definition) is 3. The first-order valence-corrected chi connectivity index (χ1v) is 9.67. The molecule has 0 unspecified atom stereocenters. The minimum absolute atomic E-state index is 0.0690. The summed E-state index contributed by atoms with van der Waals surface area (Å²) in [6.45, 7) is 4.56. The van der Waals surface area contributed by atoms with Crippen molar-refractivity contribution in [3.8, 4) is 0 Å². The van der Waals surface area contributed by atoms with Crippen LogP contribution >= 0.6 is 0 Å². The number of piperidine rings is 1. The number of aromatic nitrogens is 2. The van der Waals surface area contributed by atoms with E-state index in [1.54, 1.807) is 0 Å². The van der Waals surface area contributed by atoms with Gasteiger partial charge in [-0.15, -0.1) is 0 Å². The van der Waals surface area contributed by atoms with Gasteiger partial charge in [0.05, 0.1) is 11.0 Å². The second-order valence-corrected chi connectivity index (χ2v) is 6.89. The lowest BCUT2D eigenvalue weighted by molar-refractivity contribution is -0.132. The summed E-state index contributed by atoms with van der Waals surface area (Å²) in [4.78, 5) is 31.1. The molecule has 1 fully saturated rings. The van der Waals surface area contributed by atoms with Crippen LogP contribution in [0, 0.1) is 0 Å². The molecule has 6 nitrogen and oxygen atoms in total. The van der Waals surface area contributed by atoms with Gasteiger partial charge in [0.1, 0.15) is 12.4 Å². The van der Waals surface area contributed by atoms with Crippen LogP contribution in [0.5, 0.6) is 0 Å². The number of hydrogen-bond donors (Lipinski definition) is 1. The van der Waals surface area contributed by atoms with Gasteiger partial charge in [0, 0.05) is 32.5 Å². The van der Waals surface area contributed by atoms with E-state index in [4.69, 9.17) is 4.98 Å². The van der Waals surface area contributed by atoms with Crippen molar-refractivity contribution in [2.24, 2.45) is 0 Å². The zero-order chi connectivity index (χ0) is 18.4. The lowest BCUT2D eigenvalue weighted by Crippen LogP contribution is -2.38. The fraction of sp³-hybridized carbons (Fsp3) is 0.550. The molecule has 1 aromatic heterocycles. The van der Waals surface area contributed by atoms with Gasteiger partial charge in [-0.3, -0.25) is 9.59 Å². The molecule has 1 saturated heterocycles. The molecule has 2 heterocycles. The van der Waals surface area contributed by atoms with E-state index in [0.717, 1.165) is 49.2 Å². The fourth-order valence-corrected chi connectivity index (χ4v) is 3.50. The summed E-state index contributed by atoms with van der Waals surface area (Å²) >= 11 is 0. The normalized spacial score (nSPS) is 14.6. The van der Waals surface area contributed by atoms with Crippen LogP contribution in [0.3, 0.4) is 0 Å². The fourth-order valence-electron chi connectivity index (χ4n) is 3.50. The number of amides is 2. The van der Waals surface area contributed by atoms with Crippen molar-refractivity contribution in [3.05, 3.63) is 30.1 Å². The topological polar surface area (TPSA) is 67.2 Å². The summed E-state index contributed by atoms with van der Waals surface area (Å²) in [5.74, 6) is 1.08. The number of para-hydroxylation sites is 2. The third-order valence-electron chi connectivity index (χ3n) is 4.88. The van der Waals surface area contributed by atoms with Crippen molar-refractivity contribution in [2.45, 2.75) is 52.0 Å². The smallest absolute Gasteiger partial charge is 0.242 e. The molecular formula is C20H28N4O2. The van der Waals surface area contributed by atoms with Gasteiger partial charge in [-0.1, -0.05) is 19.1 Å². The number of rotatable bonds is 7. The number of benzene rings is 1. The molecule has 3 rings (SSSR count). The zero-order valence-corrected chi connectivity index (χ0v) is 15.5. The Morgan fingerprint density at radius 3 is 2.69 bits per heavy atom. The Morgan fingerprint density at radius 2 is 1.92 bits per heavy atom. The molecule has 0 saturated carbocycles. The molecule has 2 aromatic rings. The van der Waals surface area contributed by atoms with E-state index in [1.807, 2.05) is 40.7 Å². The standard InChI is InChI=1S/C20H28N4O2/c1-2-8-19(25)21-12-11-18-22-16-9-4-5-10-17(16)24(18)15-20(26)23-13-6-3-7-14-23/h4-5,9-10H,2-3,6-8,11-15H2,1H3,(H,21,25). The van der Waals surface area contributed by atoms with Crippen LogP contribution in [0.4, 0.5) is 0 Å². The van der Waals surface area contributed by atoms with Crippen molar-refractivity contribution in [2.75, 3.05) is 19.6 Å². The SMILES string of the molecule is CCCC(=O)NCCc1nc2ccccc2n1CC(=O)N1CCCCC1. The number of nitrogens with one attached hydrogen (secondary N) is 1. The highest BCUT2D eigenvalue weighted by molar-refractivity contribution is 5.81. The number of fused-ring (bicyclic) bond motifs is 1. The Bertz CT molecular complexity index is 762. The van der Waals surface area contributed by atoms with Crippen molar-refractivity contribution >= 4 is 22.8 Å². The van der Waals surface area contributed by atoms with Gasteiger partial charge < -0.3 is 14.8 Å². The highest BCUT2D eigenvalue weighted by Crippen LogP contribution is 2.18. The highest BCUT2D eigenvalue weighted by Gasteiger charge is 2.19. The Balaban J connectivity index is 1.73. The number of nitrogens with zero attached hydrogens (tertiary/aromatic N) is 3. The minimum Gasteiger partial charge on any atom is -0.356 e. The van der Waals surface area contributed by atoms with Gasteiger partial charge in [-0.05, 0) is 37.8 Å². The van der Waals surface area contributed by atoms with E-state index >= 15 is 0 Å². The maximum absolute atomic E-state index is 12.7. The predicted molar refractivity (Wildman–Crippen MR) is 102 cm³/mol. The minimum atomic E-state index is 0.0690. The lowest BCUT2D eigenvalue weighted by Gasteiger charge is -2.27. The molecule has 0 bridgehead atoms. The molecule has 1 aliphatic rings. The van der Waals surface area contributed by atoms with Gasteiger partial charge in [0.25, 0.3) is 0 Å². The van der Waals surface area contributed by atoms with E-state index in [9.17, 15) is 9.59 Å². The second kappa shape index (κ2) is 8.83. The first-order valence-electron chi connectivity index (χ1n) is 9.67. The van der Waals surface area contributed by atoms with Crippen LogP contribution in [0.25, 0.3) is 11.0 Å². The van der Waals surface area contributed by atoms with Gasteiger partial charge in [-0.2, -0.15) is 0 Å². The first-order chi connectivity index (χ1) is 12.7. The van der Waals surface area contributed by atoms with Gasteiger partial charge in [0.2, 0.25) is 11.8 Å². The highest BCUT2D eigenvalue weighted by atomic mass is 16.2. The number of carbonyl (C=O) groups is 2. The molecule has 0 atom stereocenters. The van der Waals surface area contributed by atoms with Gasteiger partial charge in [0.15, 0.2) is 0 Å². The van der Waals surface area contributed by atoms with Crippen LogP contribution in [0.2, 0.25) is 0 Å². The van der Waals surface area contributed by atoms with E-state index in [2.05, 4.69) is 5.32 Å². The number of carbonyl (C=O) groups excluding carboxylic acids is 2. The largest absolute Gasteiger partial charge is 0.356 e. The number of likely N-dealkylation sites (tertiary alicyclic amines) is 1. The van der Waals surface area contributed by atoms with E-state index in [-0.39, 0.29) is 11.8 Å². The summed E-state index contributed by atoms with van der Waals surface area (Å²) in [5.41, 5.74) is 1.88. The average Bonchev–Trinajstić information content (AvgIpc) is 3.00. The van der Waals surface area contributed by atoms with Crippen molar-refractivity contribution in [1.29, 1.82) is 0 Å². The van der Waals surface area contributed by atoms with Crippen molar-refractivity contribution in [1.82, 2.24) is 19.8 Å². The summed E-state index contributed by atoms with van der Waals surface area (Å²) < 4.78 is 2.01. The van der Waals surface area contributed by atoms with Crippen LogP contribution in [0.1, 0.15) is 44.9 Å². The average molecular weight is 356 g/mol. The van der Waals surface area contributed by atoms with Crippen LogP contribution in [-0.2, 0) is 22.6 Å². The molecule has 1 aromatic carbocycles. The lowest BCUT2D eigenvalue weighted by atomic mass is 10.1. The molecule has 1 N–H and O–H groups in total. The molecular weight excluding hydrogens is 328 g/mol. The molecule has 0 aliphatic carbocycles. The van der Waals surface area contributed by atoms with Crippen molar-refractivity contribution < 1.29 is 9.59 Å². The molecule has 0 radical (unpaired) electrons. The molecule has 2 amide bonds. The van der Waals surface area contributed by atoms with Gasteiger partial charge in [-0.25, -0.2) is 4.98 Å². The molecule has 0 spiro atoms. The quantitative estimate of drug-likeness (QED) is 0.829. The first kappa shape index (κ1) is 18.4. The van der Waals surface area contributed by atoms with Gasteiger partial charge >= 0.3 is 0 Å². The molecule has 1 aliphatic heterocycles. The Hall–Kier alpha value is -2.37. The van der Waals surface area contributed by atoms with Crippen LogP contribution in [-0.4, -0.2) is 45.9 Å². The Labute approximate surface area is 154 Å². The van der Waals surface area contributed by atoms with E-state index in [0.29, 0.717) is 25.9 Å². The van der Waals surface area contributed by atoms with Crippen molar-refractivity contribution in [3.63, 3.8) is 0 Å². The van der Waals surface area contributed by atoms with Crippen LogP contribution < -0.4 is 5.32 Å². The maximum Gasteiger partial charge on any atom is 0.242 e. The Morgan fingerprint density at radius 1 is 1.15 bits per heavy atom. The molecule has 6 heteroatoms. The molecule has 26 heavy (non-hydrogen) atoms. The molecule has 140 valence electrons. The third kappa shape index (κ3) is 4.42. The summed E-state index contributed by atoms with van der Waals surface area (Å²) in [5, 5.41) is 2.93. The predicted octanol–water partition coefficient (Wildman–Crippen LogP) is 2.51. The zero-order valence-electron chi connectivity index (χ0n) is 15.5. The Kier molecular flexibility index (Phi) is 6.26. The monoisotopic (exact) mass is 356 g/mol.